The third-order valence-electron chi connectivity index (χ3n) is 3.19. The molecule has 0 heterocycles. The van der Waals surface area contributed by atoms with Gasteiger partial charge in [-0.2, -0.15) is 0 Å². The molecule has 7 heteroatoms. The van der Waals surface area contributed by atoms with E-state index in [1.807, 2.05) is 6.07 Å². The molecule has 2 rings (SSSR count). The van der Waals surface area contributed by atoms with Crippen LogP contribution < -0.4 is 10.5 Å². The zero-order valence-electron chi connectivity index (χ0n) is 12.0. The maximum atomic E-state index is 12.2. The third kappa shape index (κ3) is 3.98. The van der Waals surface area contributed by atoms with Crippen LogP contribution >= 0.6 is 11.6 Å². The SMILES string of the molecule is CO[C@@H](CNS(=O)(=O)c1ccc(N)cc1)c1ccccc1Cl. The number of nitrogens with one attached hydrogen (secondary N) is 1. The second-order valence-electron chi connectivity index (χ2n) is 4.67. The molecule has 0 aliphatic carbocycles. The number of rotatable bonds is 6. The van der Waals surface area contributed by atoms with Gasteiger partial charge in [0, 0.05) is 29.9 Å². The van der Waals surface area contributed by atoms with Crippen LogP contribution in [0.1, 0.15) is 11.7 Å². The predicted octanol–water partition coefficient (Wildman–Crippen LogP) is 2.59. The van der Waals surface area contributed by atoms with Crippen molar-refractivity contribution in [1.29, 1.82) is 0 Å². The van der Waals surface area contributed by atoms with Crippen LogP contribution in [0.25, 0.3) is 0 Å². The molecule has 0 aromatic heterocycles. The first-order valence-electron chi connectivity index (χ1n) is 6.56. The Labute approximate surface area is 135 Å². The molecule has 1 atom stereocenters. The summed E-state index contributed by atoms with van der Waals surface area (Å²) in [4.78, 5) is 0.149. The fourth-order valence-corrected chi connectivity index (χ4v) is 3.26. The van der Waals surface area contributed by atoms with Gasteiger partial charge < -0.3 is 10.5 Å². The lowest BCUT2D eigenvalue weighted by atomic mass is 10.1. The van der Waals surface area contributed by atoms with Crippen molar-refractivity contribution in [2.75, 3.05) is 19.4 Å². The largest absolute Gasteiger partial charge is 0.399 e. The van der Waals surface area contributed by atoms with Gasteiger partial charge in [0.25, 0.3) is 0 Å². The molecule has 0 bridgehead atoms. The molecule has 2 aromatic carbocycles. The number of nitrogens with two attached hydrogens (primary N) is 1. The molecule has 0 unspecified atom stereocenters. The summed E-state index contributed by atoms with van der Waals surface area (Å²) < 4.78 is 32.3. The molecule has 0 saturated carbocycles. The number of sulfonamides is 1. The quantitative estimate of drug-likeness (QED) is 0.792. The van der Waals surface area contributed by atoms with Gasteiger partial charge in [0.1, 0.15) is 0 Å². The Balaban J connectivity index is 2.13. The van der Waals surface area contributed by atoms with Crippen LogP contribution in [0.15, 0.2) is 53.4 Å². The highest BCUT2D eigenvalue weighted by molar-refractivity contribution is 7.89. The van der Waals surface area contributed by atoms with Crippen LogP contribution in [-0.4, -0.2) is 22.1 Å². The second-order valence-corrected chi connectivity index (χ2v) is 6.84. The van der Waals surface area contributed by atoms with E-state index in [9.17, 15) is 8.42 Å². The van der Waals surface area contributed by atoms with Crippen LogP contribution in [0.3, 0.4) is 0 Å². The molecular weight excluding hydrogens is 324 g/mol. The molecule has 0 aliphatic heterocycles. The first kappa shape index (κ1) is 16.8. The van der Waals surface area contributed by atoms with Crippen LogP contribution in [0.2, 0.25) is 5.02 Å². The molecule has 5 nitrogen and oxygen atoms in total. The molecule has 0 saturated heterocycles. The number of anilines is 1. The zero-order valence-corrected chi connectivity index (χ0v) is 13.6. The van der Waals surface area contributed by atoms with Crippen molar-refractivity contribution >= 4 is 27.3 Å². The lowest BCUT2D eigenvalue weighted by molar-refractivity contribution is 0.107. The predicted molar refractivity (Wildman–Crippen MR) is 87.2 cm³/mol. The minimum Gasteiger partial charge on any atom is -0.399 e. The summed E-state index contributed by atoms with van der Waals surface area (Å²) in [6.07, 6.45) is -0.475. The lowest BCUT2D eigenvalue weighted by Gasteiger charge is -2.18. The zero-order chi connectivity index (χ0) is 16.2. The van der Waals surface area contributed by atoms with Crippen LogP contribution in [-0.2, 0) is 14.8 Å². The average molecular weight is 341 g/mol. The molecule has 0 radical (unpaired) electrons. The summed E-state index contributed by atoms with van der Waals surface area (Å²) in [6, 6.07) is 13.1. The maximum absolute atomic E-state index is 12.2. The number of benzene rings is 2. The first-order chi connectivity index (χ1) is 10.4. The highest BCUT2D eigenvalue weighted by Gasteiger charge is 2.19. The van der Waals surface area contributed by atoms with E-state index in [4.69, 9.17) is 22.1 Å². The molecule has 0 fully saturated rings. The molecule has 22 heavy (non-hydrogen) atoms. The smallest absolute Gasteiger partial charge is 0.240 e. The van der Waals surface area contributed by atoms with Crippen molar-refractivity contribution in [3.63, 3.8) is 0 Å². The Kier molecular flexibility index (Phi) is 5.42. The fourth-order valence-electron chi connectivity index (χ4n) is 1.97. The Morgan fingerprint density at radius 2 is 1.82 bits per heavy atom. The summed E-state index contributed by atoms with van der Waals surface area (Å²) in [6.45, 7) is 0.0763. The molecule has 0 amide bonds. The van der Waals surface area contributed by atoms with Gasteiger partial charge in [0.15, 0.2) is 0 Å². The number of hydrogen-bond donors (Lipinski definition) is 2. The van der Waals surface area contributed by atoms with E-state index in [2.05, 4.69) is 4.72 Å². The normalized spacial score (nSPS) is 13.0. The summed E-state index contributed by atoms with van der Waals surface area (Å²) in [5.74, 6) is 0. The highest BCUT2D eigenvalue weighted by Crippen LogP contribution is 2.25. The van der Waals surface area contributed by atoms with Crippen molar-refractivity contribution in [2.24, 2.45) is 0 Å². The summed E-state index contributed by atoms with van der Waals surface area (Å²) in [5, 5.41) is 0.529. The number of hydrogen-bond acceptors (Lipinski definition) is 4. The molecule has 0 spiro atoms. The Bertz CT molecular complexity index is 733. The monoisotopic (exact) mass is 340 g/mol. The minimum atomic E-state index is -3.63. The first-order valence-corrected chi connectivity index (χ1v) is 8.42. The average Bonchev–Trinajstić information content (AvgIpc) is 2.50. The fraction of sp³-hybridized carbons (Fsp3) is 0.200. The van der Waals surface area contributed by atoms with Gasteiger partial charge in [-0.05, 0) is 30.3 Å². The van der Waals surface area contributed by atoms with Crippen molar-refractivity contribution < 1.29 is 13.2 Å². The number of halogens is 1. The second kappa shape index (κ2) is 7.11. The standard InChI is InChI=1S/C15H17ClN2O3S/c1-21-15(13-4-2-3-5-14(13)16)10-18-22(19,20)12-8-6-11(17)7-9-12/h2-9,15,18H,10,17H2,1H3/t15-/m0/s1. The van der Waals surface area contributed by atoms with E-state index >= 15 is 0 Å². The maximum Gasteiger partial charge on any atom is 0.240 e. The molecule has 2 aromatic rings. The van der Waals surface area contributed by atoms with Gasteiger partial charge in [0.2, 0.25) is 10.0 Å². The molecular formula is C15H17ClN2O3S. The summed E-state index contributed by atoms with van der Waals surface area (Å²) >= 11 is 6.11. The number of nitrogen functional groups attached to an aromatic ring is 1. The van der Waals surface area contributed by atoms with E-state index < -0.39 is 16.1 Å². The van der Waals surface area contributed by atoms with E-state index in [1.54, 1.807) is 18.2 Å². The Morgan fingerprint density at radius 1 is 1.18 bits per heavy atom. The third-order valence-corrected chi connectivity index (χ3v) is 4.97. The van der Waals surface area contributed by atoms with Crippen molar-refractivity contribution in [2.45, 2.75) is 11.0 Å². The Hall–Kier alpha value is -1.60. The van der Waals surface area contributed by atoms with Crippen molar-refractivity contribution in [3.8, 4) is 0 Å². The van der Waals surface area contributed by atoms with Gasteiger partial charge >= 0.3 is 0 Å². The van der Waals surface area contributed by atoms with Gasteiger partial charge in [-0.15, -0.1) is 0 Å². The number of methoxy groups -OCH3 is 1. The van der Waals surface area contributed by atoms with Crippen molar-refractivity contribution in [3.05, 3.63) is 59.1 Å². The van der Waals surface area contributed by atoms with E-state index in [0.29, 0.717) is 10.7 Å². The lowest BCUT2D eigenvalue weighted by Crippen LogP contribution is -2.29. The van der Waals surface area contributed by atoms with Crippen LogP contribution in [0.4, 0.5) is 5.69 Å². The molecule has 118 valence electrons. The van der Waals surface area contributed by atoms with Gasteiger partial charge in [-0.1, -0.05) is 29.8 Å². The minimum absolute atomic E-state index is 0.0763. The molecule has 3 N–H and O–H groups in total. The van der Waals surface area contributed by atoms with Crippen LogP contribution in [0.5, 0.6) is 0 Å². The summed E-state index contributed by atoms with van der Waals surface area (Å²) in [7, 11) is -2.13. The topological polar surface area (TPSA) is 81.4 Å². The van der Waals surface area contributed by atoms with E-state index in [0.717, 1.165) is 5.56 Å². The van der Waals surface area contributed by atoms with Gasteiger partial charge in [0.05, 0.1) is 11.0 Å². The highest BCUT2D eigenvalue weighted by atomic mass is 35.5. The Morgan fingerprint density at radius 3 is 2.41 bits per heavy atom. The summed E-state index contributed by atoms with van der Waals surface area (Å²) in [5.41, 5.74) is 6.79. The molecule has 0 aliphatic rings. The van der Waals surface area contributed by atoms with Gasteiger partial charge in [-0.25, -0.2) is 13.1 Å². The van der Waals surface area contributed by atoms with Crippen LogP contribution in [0, 0.1) is 0 Å². The van der Waals surface area contributed by atoms with E-state index in [1.165, 1.54) is 31.4 Å². The van der Waals surface area contributed by atoms with Crippen molar-refractivity contribution in [1.82, 2.24) is 4.72 Å². The van der Waals surface area contributed by atoms with E-state index in [-0.39, 0.29) is 11.4 Å². The van der Waals surface area contributed by atoms with Gasteiger partial charge in [-0.3, -0.25) is 0 Å². The number of ether oxygens (including phenoxy) is 1.